The molecule has 1 aromatic rings. The van der Waals surface area contributed by atoms with Crippen LogP contribution in [0.15, 0.2) is 34.3 Å². The number of carbonyl (C=O) groups excluding carboxylic acids is 1. The average Bonchev–Trinajstić information content (AvgIpc) is 2.60. The molecule has 2 saturated heterocycles. The first-order chi connectivity index (χ1) is 11.8. The second kappa shape index (κ2) is 7.49. The summed E-state index contributed by atoms with van der Waals surface area (Å²) in [6.07, 6.45) is -0.636. The predicted octanol–water partition coefficient (Wildman–Crippen LogP) is 5.40. The maximum atomic E-state index is 12.7. The molecule has 2 bridgehead atoms. The fraction of sp³-hybridized carbons (Fsp3) is 0.500. The zero-order valence-corrected chi connectivity index (χ0v) is 15.1. The minimum absolute atomic E-state index is 0.299. The first-order valence-electron chi connectivity index (χ1n) is 7.87. The molecule has 9 heteroatoms. The highest BCUT2D eigenvalue weighted by Crippen LogP contribution is 2.43. The van der Waals surface area contributed by atoms with Gasteiger partial charge in [0.15, 0.2) is 0 Å². The molecule has 0 unspecified atom stereocenters. The zero-order chi connectivity index (χ0) is 18.0. The van der Waals surface area contributed by atoms with Crippen LogP contribution >= 0.6 is 23.7 Å². The second-order valence-corrected chi connectivity index (χ2v) is 8.51. The van der Waals surface area contributed by atoms with E-state index in [2.05, 4.69) is 5.16 Å². The molecule has 0 aromatic heterocycles. The predicted molar refractivity (Wildman–Crippen MR) is 92.3 cm³/mol. The van der Waals surface area contributed by atoms with Gasteiger partial charge < -0.3 is 0 Å². The molecule has 0 N–H and O–H groups in total. The number of hydrogen-bond donors (Lipinski definition) is 0. The highest BCUT2D eigenvalue weighted by atomic mass is 32.2. The monoisotopic (exact) mass is 390 g/mol. The van der Waals surface area contributed by atoms with Crippen molar-refractivity contribution in [2.24, 2.45) is 11.1 Å². The Bertz CT molecular complexity index is 674. The lowest BCUT2D eigenvalue weighted by Crippen LogP contribution is -2.30. The van der Waals surface area contributed by atoms with Crippen LogP contribution in [0, 0.1) is 5.92 Å². The lowest BCUT2D eigenvalue weighted by Gasteiger charge is -2.35. The van der Waals surface area contributed by atoms with E-state index in [1.807, 2.05) is 0 Å². The van der Waals surface area contributed by atoms with Crippen LogP contribution in [0.3, 0.4) is 0 Å². The number of rotatable bonds is 3. The molecule has 4 nitrogen and oxygen atoms in total. The van der Waals surface area contributed by atoms with Crippen LogP contribution in [0.25, 0.3) is 0 Å². The molecule has 1 amide bonds. The molecule has 1 aliphatic carbocycles. The molecule has 25 heavy (non-hydrogen) atoms. The molecule has 1 saturated carbocycles. The summed E-state index contributed by atoms with van der Waals surface area (Å²) in [4.78, 5) is 17.3. The van der Waals surface area contributed by atoms with Crippen LogP contribution < -0.4 is 0 Å². The quantitative estimate of drug-likeness (QED) is 0.394. The second-order valence-electron chi connectivity index (χ2n) is 5.99. The first-order valence-corrected chi connectivity index (χ1v) is 9.52. The number of alkyl halides is 3. The van der Waals surface area contributed by atoms with Gasteiger partial charge in [0, 0.05) is 23.1 Å². The van der Waals surface area contributed by atoms with Crippen LogP contribution in [0.1, 0.15) is 31.2 Å². The standard InChI is InChI=1S/C16H17F3N2O2S2/c1-21(25-13-4-2-3-11(9-13)16(17,18)19)15(22)23-20-14-10-5-7-12(24-14)8-6-10/h2-4,9-10,12H,5-8H2,1H3. The van der Waals surface area contributed by atoms with E-state index < -0.39 is 17.8 Å². The largest absolute Gasteiger partial charge is 0.446 e. The number of hydrogen-bond acceptors (Lipinski definition) is 5. The fourth-order valence-corrected chi connectivity index (χ4v) is 4.96. The summed E-state index contributed by atoms with van der Waals surface area (Å²) >= 11 is 2.53. The fourth-order valence-electron chi connectivity index (χ4n) is 2.86. The van der Waals surface area contributed by atoms with Crippen molar-refractivity contribution in [2.75, 3.05) is 7.05 Å². The lowest BCUT2D eigenvalue weighted by molar-refractivity contribution is -0.137. The summed E-state index contributed by atoms with van der Waals surface area (Å²) < 4.78 is 39.3. The van der Waals surface area contributed by atoms with Gasteiger partial charge in [0.05, 0.1) is 5.56 Å². The van der Waals surface area contributed by atoms with E-state index in [0.717, 1.165) is 46.3 Å². The molecule has 3 aliphatic rings. The SMILES string of the molecule is CN(Sc1cccc(C(F)(F)F)c1)C(=O)ON=C1SC2CCC1CC2. The van der Waals surface area contributed by atoms with Gasteiger partial charge >= 0.3 is 12.3 Å². The van der Waals surface area contributed by atoms with E-state index in [1.54, 1.807) is 11.8 Å². The molecule has 1 aromatic carbocycles. The first kappa shape index (κ1) is 18.4. The number of amides is 1. The van der Waals surface area contributed by atoms with Gasteiger partial charge in [-0.25, -0.2) is 9.10 Å². The summed E-state index contributed by atoms with van der Waals surface area (Å²) in [5, 5.41) is 5.39. The number of halogens is 3. The summed E-state index contributed by atoms with van der Waals surface area (Å²) in [6.45, 7) is 0. The van der Waals surface area contributed by atoms with Gasteiger partial charge in [-0.05, 0) is 55.8 Å². The molecule has 0 spiro atoms. The van der Waals surface area contributed by atoms with Crippen LogP contribution in [-0.2, 0) is 11.0 Å². The van der Waals surface area contributed by atoms with E-state index in [-0.39, 0.29) is 0 Å². The third-order valence-corrected chi connectivity index (χ3v) is 6.53. The molecule has 0 atom stereocenters. The summed E-state index contributed by atoms with van der Waals surface area (Å²) in [6, 6.07) is 4.80. The number of benzene rings is 1. The van der Waals surface area contributed by atoms with Crippen molar-refractivity contribution in [3.05, 3.63) is 29.8 Å². The van der Waals surface area contributed by atoms with Crippen molar-refractivity contribution in [1.82, 2.24) is 4.31 Å². The maximum Gasteiger partial charge on any atom is 0.446 e. The van der Waals surface area contributed by atoms with E-state index in [0.29, 0.717) is 16.1 Å². The topological polar surface area (TPSA) is 41.9 Å². The van der Waals surface area contributed by atoms with Gasteiger partial charge in [-0.2, -0.15) is 13.2 Å². The lowest BCUT2D eigenvalue weighted by atomic mass is 9.89. The number of nitrogens with zero attached hydrogens (tertiary/aromatic N) is 2. The van der Waals surface area contributed by atoms with Crippen LogP contribution in [0.4, 0.5) is 18.0 Å². The van der Waals surface area contributed by atoms with Crippen molar-refractivity contribution in [3.63, 3.8) is 0 Å². The minimum Gasteiger partial charge on any atom is -0.296 e. The molecular weight excluding hydrogens is 373 g/mol. The minimum atomic E-state index is -4.42. The van der Waals surface area contributed by atoms with E-state index in [1.165, 1.54) is 32.0 Å². The third kappa shape index (κ3) is 4.63. The highest BCUT2D eigenvalue weighted by Gasteiger charge is 2.34. The highest BCUT2D eigenvalue weighted by molar-refractivity contribution is 8.14. The number of carbonyl (C=O) groups is 1. The van der Waals surface area contributed by atoms with E-state index >= 15 is 0 Å². The average molecular weight is 390 g/mol. The summed E-state index contributed by atoms with van der Waals surface area (Å²) in [7, 11) is 1.44. The van der Waals surface area contributed by atoms with Crippen LogP contribution in [-0.4, -0.2) is 27.7 Å². The summed E-state index contributed by atoms with van der Waals surface area (Å²) in [5.74, 6) is 0.365. The Hall–Kier alpha value is -1.35. The maximum absolute atomic E-state index is 12.7. The Morgan fingerprint density at radius 2 is 2.04 bits per heavy atom. The Kier molecular flexibility index (Phi) is 5.52. The van der Waals surface area contributed by atoms with E-state index in [9.17, 15) is 18.0 Å². The van der Waals surface area contributed by atoms with Crippen molar-refractivity contribution < 1.29 is 22.8 Å². The van der Waals surface area contributed by atoms with Gasteiger partial charge in [-0.15, -0.1) is 11.8 Å². The van der Waals surface area contributed by atoms with Crippen LogP contribution in [0.2, 0.25) is 0 Å². The molecular formula is C16H17F3N2O2S2. The summed E-state index contributed by atoms with van der Waals surface area (Å²) in [5.41, 5.74) is -0.755. The van der Waals surface area contributed by atoms with Crippen molar-refractivity contribution in [1.29, 1.82) is 0 Å². The van der Waals surface area contributed by atoms with Crippen molar-refractivity contribution in [3.8, 4) is 0 Å². The van der Waals surface area contributed by atoms with E-state index in [4.69, 9.17) is 4.84 Å². The third-order valence-electron chi connectivity index (χ3n) is 4.19. The van der Waals surface area contributed by atoms with Gasteiger partial charge in [0.1, 0.15) is 5.04 Å². The Balaban J connectivity index is 1.58. The normalized spacial score (nSPS) is 24.4. The molecule has 0 radical (unpaired) electrons. The van der Waals surface area contributed by atoms with Crippen molar-refractivity contribution in [2.45, 2.75) is 42.0 Å². The molecule has 3 fully saturated rings. The van der Waals surface area contributed by atoms with Gasteiger partial charge in [0.25, 0.3) is 0 Å². The Labute approximate surface area is 152 Å². The zero-order valence-electron chi connectivity index (χ0n) is 13.5. The van der Waals surface area contributed by atoms with Crippen LogP contribution in [0.5, 0.6) is 0 Å². The number of fused-ring (bicyclic) bond motifs is 3. The van der Waals surface area contributed by atoms with Gasteiger partial charge in [-0.3, -0.25) is 4.84 Å². The van der Waals surface area contributed by atoms with Crippen molar-refractivity contribution >= 4 is 34.8 Å². The Morgan fingerprint density at radius 3 is 2.64 bits per heavy atom. The van der Waals surface area contributed by atoms with Gasteiger partial charge in [0.2, 0.25) is 0 Å². The molecule has 2 aliphatic heterocycles. The smallest absolute Gasteiger partial charge is 0.296 e. The number of thioether (sulfide) groups is 1. The Morgan fingerprint density at radius 1 is 1.32 bits per heavy atom. The molecule has 136 valence electrons. The van der Waals surface area contributed by atoms with Gasteiger partial charge in [-0.1, -0.05) is 11.2 Å². The molecule has 4 rings (SSSR count). The molecule has 2 heterocycles. The number of oxime groups is 1.